The normalized spacial score (nSPS) is 11.0. The van der Waals surface area contributed by atoms with Gasteiger partial charge in [-0.3, -0.25) is 4.79 Å². The van der Waals surface area contributed by atoms with E-state index in [9.17, 15) is 4.79 Å². The number of carbonyl (C=O) groups excluding carboxylic acids is 1. The average Bonchev–Trinajstić information content (AvgIpc) is 2.98. The van der Waals surface area contributed by atoms with Crippen molar-refractivity contribution in [3.63, 3.8) is 0 Å². The van der Waals surface area contributed by atoms with E-state index in [1.807, 2.05) is 30.5 Å². The van der Waals surface area contributed by atoms with Crippen LogP contribution in [-0.2, 0) is 4.79 Å². The molecule has 0 saturated carbocycles. The first-order valence-electron chi connectivity index (χ1n) is 6.99. The number of nitrogens with one attached hydrogen (secondary N) is 2. The van der Waals surface area contributed by atoms with Crippen molar-refractivity contribution < 1.29 is 9.53 Å². The van der Waals surface area contributed by atoms with E-state index in [2.05, 4.69) is 15.5 Å². The summed E-state index contributed by atoms with van der Waals surface area (Å²) in [7, 11) is 0. The first kappa shape index (κ1) is 15.1. The second-order valence-corrected chi connectivity index (χ2v) is 5.26. The van der Waals surface area contributed by atoms with Crippen LogP contribution in [0.3, 0.4) is 0 Å². The van der Waals surface area contributed by atoms with Crippen LogP contribution in [0.25, 0.3) is 10.9 Å². The molecule has 1 amide bonds. The summed E-state index contributed by atoms with van der Waals surface area (Å²) in [5, 5.41) is 5.60. The average molecular weight is 328 g/mol. The van der Waals surface area contributed by atoms with Crippen molar-refractivity contribution in [2.75, 3.05) is 6.61 Å². The molecule has 2 aromatic carbocycles. The molecular formula is C17H14ClN3O2. The van der Waals surface area contributed by atoms with Gasteiger partial charge in [0.2, 0.25) is 0 Å². The number of benzene rings is 2. The molecule has 0 bridgehead atoms. The third kappa shape index (κ3) is 3.90. The fourth-order valence-electron chi connectivity index (χ4n) is 2.09. The van der Waals surface area contributed by atoms with Gasteiger partial charge >= 0.3 is 0 Å². The highest BCUT2D eigenvalue weighted by atomic mass is 35.5. The molecule has 0 aliphatic carbocycles. The number of hydrogen-bond donors (Lipinski definition) is 2. The summed E-state index contributed by atoms with van der Waals surface area (Å²) in [5.74, 6) is 0.237. The van der Waals surface area contributed by atoms with Gasteiger partial charge < -0.3 is 9.72 Å². The van der Waals surface area contributed by atoms with Crippen LogP contribution >= 0.6 is 11.6 Å². The minimum atomic E-state index is -0.337. The van der Waals surface area contributed by atoms with Crippen LogP contribution in [0.4, 0.5) is 0 Å². The molecular weight excluding hydrogens is 314 g/mol. The van der Waals surface area contributed by atoms with Gasteiger partial charge in [0, 0.05) is 27.7 Å². The van der Waals surface area contributed by atoms with E-state index in [1.54, 1.807) is 30.5 Å². The summed E-state index contributed by atoms with van der Waals surface area (Å²) < 4.78 is 5.33. The van der Waals surface area contributed by atoms with Crippen molar-refractivity contribution in [1.82, 2.24) is 10.4 Å². The number of hydrazone groups is 1. The predicted octanol–water partition coefficient (Wildman–Crippen LogP) is 3.35. The molecule has 3 aromatic rings. The Morgan fingerprint density at radius 2 is 2.00 bits per heavy atom. The highest BCUT2D eigenvalue weighted by molar-refractivity contribution is 6.30. The first-order chi connectivity index (χ1) is 11.2. The number of carbonyl (C=O) groups is 1. The summed E-state index contributed by atoms with van der Waals surface area (Å²) in [6.45, 7) is -0.118. The smallest absolute Gasteiger partial charge is 0.277 e. The number of hydrogen-bond acceptors (Lipinski definition) is 3. The van der Waals surface area contributed by atoms with Crippen molar-refractivity contribution in [1.29, 1.82) is 0 Å². The van der Waals surface area contributed by atoms with E-state index in [-0.39, 0.29) is 12.5 Å². The molecule has 0 saturated heterocycles. The topological polar surface area (TPSA) is 66.5 Å². The minimum absolute atomic E-state index is 0.118. The molecule has 0 radical (unpaired) electrons. The summed E-state index contributed by atoms with van der Waals surface area (Å²) >= 11 is 5.78. The van der Waals surface area contributed by atoms with Gasteiger partial charge in [-0.05, 0) is 30.3 Å². The lowest BCUT2D eigenvalue weighted by Gasteiger charge is -2.04. The molecule has 3 rings (SSSR count). The van der Waals surface area contributed by atoms with E-state index in [0.717, 1.165) is 16.5 Å². The molecule has 1 heterocycles. The van der Waals surface area contributed by atoms with Gasteiger partial charge in [0.1, 0.15) is 5.75 Å². The fraction of sp³-hybridized carbons (Fsp3) is 0.0588. The fourth-order valence-corrected chi connectivity index (χ4v) is 2.21. The standard InChI is InChI=1S/C17H14ClN3O2/c18-13-5-7-14(8-6-13)23-11-17(22)21-20-10-12-9-19-16-4-2-1-3-15(12)16/h1-10,19H,11H2,(H,21,22). The maximum atomic E-state index is 11.7. The van der Waals surface area contributed by atoms with Gasteiger partial charge in [0.25, 0.3) is 5.91 Å². The van der Waals surface area contributed by atoms with Crippen molar-refractivity contribution in [3.8, 4) is 5.75 Å². The number of amides is 1. The molecule has 23 heavy (non-hydrogen) atoms. The Morgan fingerprint density at radius 3 is 2.83 bits per heavy atom. The Hall–Kier alpha value is -2.79. The number of rotatable bonds is 5. The molecule has 0 spiro atoms. The molecule has 0 fully saturated rings. The van der Waals surface area contributed by atoms with Crippen LogP contribution in [-0.4, -0.2) is 23.7 Å². The third-order valence-corrected chi connectivity index (χ3v) is 3.45. The summed E-state index contributed by atoms with van der Waals surface area (Å²) in [4.78, 5) is 14.8. The second-order valence-electron chi connectivity index (χ2n) is 4.83. The van der Waals surface area contributed by atoms with Crippen molar-refractivity contribution in [2.24, 2.45) is 5.10 Å². The molecule has 6 heteroatoms. The van der Waals surface area contributed by atoms with Crippen LogP contribution in [0, 0.1) is 0 Å². The van der Waals surface area contributed by atoms with Crippen LogP contribution in [0.2, 0.25) is 5.02 Å². The maximum absolute atomic E-state index is 11.7. The summed E-state index contributed by atoms with van der Waals surface area (Å²) in [6, 6.07) is 14.7. The molecule has 0 atom stereocenters. The van der Waals surface area contributed by atoms with Crippen molar-refractivity contribution in [3.05, 3.63) is 65.3 Å². The molecule has 2 N–H and O–H groups in total. The molecule has 5 nitrogen and oxygen atoms in total. The van der Waals surface area contributed by atoms with E-state index >= 15 is 0 Å². The Balaban J connectivity index is 1.53. The number of nitrogens with zero attached hydrogens (tertiary/aromatic N) is 1. The molecule has 1 aromatic heterocycles. The number of fused-ring (bicyclic) bond motifs is 1. The van der Waals surface area contributed by atoms with Crippen LogP contribution < -0.4 is 10.2 Å². The van der Waals surface area contributed by atoms with Crippen molar-refractivity contribution >= 4 is 34.6 Å². The summed E-state index contributed by atoms with van der Waals surface area (Å²) in [5.41, 5.74) is 4.35. The lowest BCUT2D eigenvalue weighted by molar-refractivity contribution is -0.123. The van der Waals surface area contributed by atoms with E-state index in [1.165, 1.54) is 0 Å². The minimum Gasteiger partial charge on any atom is -0.484 e. The highest BCUT2D eigenvalue weighted by Crippen LogP contribution is 2.16. The lowest BCUT2D eigenvalue weighted by atomic mass is 10.2. The first-order valence-corrected chi connectivity index (χ1v) is 7.36. The number of H-pyrrole nitrogens is 1. The van der Waals surface area contributed by atoms with Gasteiger partial charge in [-0.2, -0.15) is 5.10 Å². The monoisotopic (exact) mass is 327 g/mol. The molecule has 0 aliphatic rings. The Morgan fingerprint density at radius 1 is 1.22 bits per heavy atom. The zero-order chi connectivity index (χ0) is 16.1. The Kier molecular flexibility index (Phi) is 4.59. The maximum Gasteiger partial charge on any atom is 0.277 e. The van der Waals surface area contributed by atoms with Gasteiger partial charge in [-0.15, -0.1) is 0 Å². The number of aromatic amines is 1. The molecule has 116 valence electrons. The predicted molar refractivity (Wildman–Crippen MR) is 91.0 cm³/mol. The van der Waals surface area contributed by atoms with Gasteiger partial charge in [0.05, 0.1) is 6.21 Å². The van der Waals surface area contributed by atoms with Crippen molar-refractivity contribution in [2.45, 2.75) is 0 Å². The van der Waals surface area contributed by atoms with Crippen LogP contribution in [0.1, 0.15) is 5.56 Å². The van der Waals surface area contributed by atoms with Gasteiger partial charge in [-0.1, -0.05) is 29.8 Å². The number of ether oxygens (including phenoxy) is 1. The SMILES string of the molecule is O=C(COc1ccc(Cl)cc1)NN=Cc1c[nH]c2ccccc12. The summed E-state index contributed by atoms with van der Waals surface area (Å²) in [6.07, 6.45) is 3.43. The van der Waals surface area contributed by atoms with Gasteiger partial charge in [-0.25, -0.2) is 5.43 Å². The van der Waals surface area contributed by atoms with Gasteiger partial charge in [0.15, 0.2) is 6.61 Å². The van der Waals surface area contributed by atoms with E-state index in [0.29, 0.717) is 10.8 Å². The van der Waals surface area contributed by atoms with E-state index in [4.69, 9.17) is 16.3 Å². The number of para-hydroxylation sites is 1. The quantitative estimate of drug-likeness (QED) is 0.557. The Bertz CT molecular complexity index is 840. The Labute approximate surface area is 137 Å². The number of aromatic nitrogens is 1. The van der Waals surface area contributed by atoms with Crippen LogP contribution in [0.15, 0.2) is 59.8 Å². The third-order valence-electron chi connectivity index (χ3n) is 3.20. The van der Waals surface area contributed by atoms with E-state index < -0.39 is 0 Å². The molecule has 0 unspecified atom stereocenters. The second kappa shape index (κ2) is 6.98. The lowest BCUT2D eigenvalue weighted by Crippen LogP contribution is -2.24. The largest absolute Gasteiger partial charge is 0.484 e. The highest BCUT2D eigenvalue weighted by Gasteiger charge is 2.02. The van der Waals surface area contributed by atoms with Crippen LogP contribution in [0.5, 0.6) is 5.75 Å². The number of halogens is 1. The zero-order valence-corrected chi connectivity index (χ0v) is 12.9. The zero-order valence-electron chi connectivity index (χ0n) is 12.1. The molecule has 0 aliphatic heterocycles.